The zero-order valence-corrected chi connectivity index (χ0v) is 11.7. The normalized spacial score (nSPS) is 10.3. The van der Waals surface area contributed by atoms with E-state index in [1.165, 1.54) is 12.1 Å². The van der Waals surface area contributed by atoms with Gasteiger partial charge in [-0.1, -0.05) is 17.7 Å². The molecule has 20 heavy (non-hydrogen) atoms. The molecule has 0 saturated heterocycles. The molecule has 5 nitrogen and oxygen atoms in total. The van der Waals surface area contributed by atoms with Crippen LogP contribution in [0.25, 0.3) is 0 Å². The molecule has 0 unspecified atom stereocenters. The summed E-state index contributed by atoms with van der Waals surface area (Å²) >= 11 is 5.85. The summed E-state index contributed by atoms with van der Waals surface area (Å²) in [7, 11) is 1.76. The Balaban J connectivity index is 2.36. The van der Waals surface area contributed by atoms with Crippen LogP contribution >= 0.6 is 11.6 Å². The molecule has 2 rings (SSSR count). The molecule has 0 aliphatic rings. The van der Waals surface area contributed by atoms with E-state index >= 15 is 0 Å². The summed E-state index contributed by atoms with van der Waals surface area (Å²) in [6, 6.07) is 8.04. The minimum atomic E-state index is -1.19. The zero-order valence-electron chi connectivity index (χ0n) is 11.0. The number of nitrogens with one attached hydrogen (secondary N) is 1. The van der Waals surface area contributed by atoms with Gasteiger partial charge < -0.3 is 15.0 Å². The number of carbonyl (C=O) groups is 2. The van der Waals surface area contributed by atoms with Gasteiger partial charge in [0, 0.05) is 12.7 Å². The second-order valence-corrected chi connectivity index (χ2v) is 4.75. The third-order valence-electron chi connectivity index (χ3n) is 3.08. The smallest absolute Gasteiger partial charge is 0.339 e. The number of anilines is 1. The molecule has 0 bridgehead atoms. The predicted octanol–water partition coefficient (Wildman–Crippen LogP) is 2.94. The number of halogens is 1. The van der Waals surface area contributed by atoms with Crippen molar-refractivity contribution in [1.29, 1.82) is 0 Å². The molecule has 0 saturated carbocycles. The van der Waals surface area contributed by atoms with Crippen molar-refractivity contribution >= 4 is 29.2 Å². The second kappa shape index (κ2) is 5.38. The van der Waals surface area contributed by atoms with Crippen LogP contribution in [0.2, 0.25) is 5.02 Å². The van der Waals surface area contributed by atoms with Crippen LogP contribution in [-0.2, 0) is 7.05 Å². The lowest BCUT2D eigenvalue weighted by Gasteiger charge is -2.10. The Morgan fingerprint density at radius 1 is 1.25 bits per heavy atom. The number of aromatic carboxylic acids is 1. The fourth-order valence-electron chi connectivity index (χ4n) is 1.87. The molecule has 0 radical (unpaired) electrons. The topological polar surface area (TPSA) is 71.3 Å². The van der Waals surface area contributed by atoms with Crippen molar-refractivity contribution in [2.45, 2.75) is 6.92 Å². The molecule has 0 atom stereocenters. The highest BCUT2D eigenvalue weighted by Crippen LogP contribution is 2.25. The van der Waals surface area contributed by atoms with Crippen molar-refractivity contribution in [2.24, 2.45) is 7.05 Å². The van der Waals surface area contributed by atoms with Gasteiger partial charge in [-0.05, 0) is 31.2 Å². The molecular formula is C14H13ClN2O3. The van der Waals surface area contributed by atoms with Crippen molar-refractivity contribution in [3.63, 3.8) is 0 Å². The minimum absolute atomic E-state index is 0.0818. The van der Waals surface area contributed by atoms with Gasteiger partial charge in [0.15, 0.2) is 0 Å². The second-order valence-electron chi connectivity index (χ2n) is 4.34. The molecule has 0 aliphatic heterocycles. The molecule has 2 N–H and O–H groups in total. The van der Waals surface area contributed by atoms with Crippen LogP contribution in [0.4, 0.5) is 5.69 Å². The van der Waals surface area contributed by atoms with Crippen LogP contribution in [0.1, 0.15) is 26.5 Å². The van der Waals surface area contributed by atoms with Gasteiger partial charge in [-0.25, -0.2) is 4.79 Å². The van der Waals surface area contributed by atoms with Crippen molar-refractivity contribution in [2.75, 3.05) is 5.32 Å². The van der Waals surface area contributed by atoms with Gasteiger partial charge in [0.1, 0.15) is 11.3 Å². The number of hydrogen-bond donors (Lipinski definition) is 2. The highest BCUT2D eigenvalue weighted by Gasteiger charge is 2.18. The fraction of sp³-hybridized carbons (Fsp3) is 0.143. The van der Waals surface area contributed by atoms with E-state index in [-0.39, 0.29) is 22.2 Å². The van der Waals surface area contributed by atoms with E-state index < -0.39 is 5.97 Å². The van der Waals surface area contributed by atoms with E-state index in [0.29, 0.717) is 5.69 Å². The summed E-state index contributed by atoms with van der Waals surface area (Å²) in [5, 5.41) is 11.8. The quantitative estimate of drug-likeness (QED) is 0.913. The van der Waals surface area contributed by atoms with Gasteiger partial charge >= 0.3 is 5.97 Å². The molecule has 0 spiro atoms. The van der Waals surface area contributed by atoms with Gasteiger partial charge in [-0.3, -0.25) is 4.79 Å². The van der Waals surface area contributed by atoms with Gasteiger partial charge in [-0.2, -0.15) is 0 Å². The number of nitrogens with zero attached hydrogens (tertiary/aromatic N) is 1. The van der Waals surface area contributed by atoms with Gasteiger partial charge in [0.05, 0.1) is 10.7 Å². The largest absolute Gasteiger partial charge is 0.478 e. The Morgan fingerprint density at radius 3 is 2.50 bits per heavy atom. The molecular weight excluding hydrogens is 280 g/mol. The lowest BCUT2D eigenvalue weighted by Crippen LogP contribution is -2.18. The number of aryl methyl sites for hydroxylation is 1. The molecule has 6 heteroatoms. The average Bonchev–Trinajstić information content (AvgIpc) is 2.69. The monoisotopic (exact) mass is 292 g/mol. The highest BCUT2D eigenvalue weighted by atomic mass is 35.5. The van der Waals surface area contributed by atoms with E-state index in [2.05, 4.69) is 5.32 Å². The molecule has 1 amide bonds. The number of carboxylic acids is 1. The summed E-state index contributed by atoms with van der Waals surface area (Å²) in [4.78, 5) is 23.4. The number of rotatable bonds is 3. The van der Waals surface area contributed by atoms with Crippen molar-refractivity contribution in [3.05, 3.63) is 52.3 Å². The first kappa shape index (κ1) is 14.1. The number of carbonyl (C=O) groups excluding carboxylic acids is 1. The molecule has 0 aliphatic carbocycles. The van der Waals surface area contributed by atoms with E-state index in [1.54, 1.807) is 23.7 Å². The number of benzene rings is 1. The van der Waals surface area contributed by atoms with Crippen molar-refractivity contribution < 1.29 is 14.7 Å². The van der Waals surface area contributed by atoms with Gasteiger partial charge in [0.25, 0.3) is 5.91 Å². The van der Waals surface area contributed by atoms with Crippen molar-refractivity contribution in [3.8, 4) is 0 Å². The average molecular weight is 293 g/mol. The summed E-state index contributed by atoms with van der Waals surface area (Å²) < 4.78 is 1.72. The van der Waals surface area contributed by atoms with E-state index in [4.69, 9.17) is 16.7 Å². The maximum absolute atomic E-state index is 12.2. The summed E-state index contributed by atoms with van der Waals surface area (Å²) in [6.45, 7) is 1.87. The maximum Gasteiger partial charge on any atom is 0.339 e. The molecule has 1 heterocycles. The molecule has 104 valence electrons. The van der Waals surface area contributed by atoms with Gasteiger partial charge in [-0.15, -0.1) is 0 Å². The van der Waals surface area contributed by atoms with Crippen LogP contribution in [0.15, 0.2) is 30.3 Å². The first-order valence-corrected chi connectivity index (χ1v) is 6.25. The molecule has 0 fully saturated rings. The van der Waals surface area contributed by atoms with Crippen LogP contribution in [0.3, 0.4) is 0 Å². The Kier molecular flexibility index (Phi) is 3.81. The predicted molar refractivity (Wildman–Crippen MR) is 76.5 cm³/mol. The SMILES string of the molecule is Cc1ccc(C(=O)Nc2cccc(Cl)c2C(=O)O)n1C. The summed E-state index contributed by atoms with van der Waals surface area (Å²) in [5.41, 5.74) is 1.43. The number of hydrogen-bond acceptors (Lipinski definition) is 2. The molecule has 1 aromatic heterocycles. The third kappa shape index (κ3) is 2.53. The van der Waals surface area contributed by atoms with E-state index in [1.807, 2.05) is 13.0 Å². The van der Waals surface area contributed by atoms with Crippen LogP contribution in [0.5, 0.6) is 0 Å². The summed E-state index contributed by atoms with van der Waals surface area (Å²) in [6.07, 6.45) is 0. The molecule has 2 aromatic rings. The molecule has 1 aromatic carbocycles. The first-order chi connectivity index (χ1) is 9.41. The Hall–Kier alpha value is -2.27. The standard InChI is InChI=1S/C14H13ClN2O3/c1-8-6-7-11(17(8)2)13(18)16-10-5-3-4-9(15)12(10)14(19)20/h3-7H,1-2H3,(H,16,18)(H,19,20). The van der Waals surface area contributed by atoms with Gasteiger partial charge in [0.2, 0.25) is 0 Å². The minimum Gasteiger partial charge on any atom is -0.478 e. The third-order valence-corrected chi connectivity index (χ3v) is 3.40. The van der Waals surface area contributed by atoms with Crippen molar-refractivity contribution in [1.82, 2.24) is 4.57 Å². The zero-order chi connectivity index (χ0) is 14.9. The maximum atomic E-state index is 12.2. The van der Waals surface area contributed by atoms with E-state index in [0.717, 1.165) is 5.69 Å². The van der Waals surface area contributed by atoms with E-state index in [9.17, 15) is 9.59 Å². The van der Waals surface area contributed by atoms with Crippen LogP contribution in [0, 0.1) is 6.92 Å². The lowest BCUT2D eigenvalue weighted by atomic mass is 10.1. The number of amides is 1. The first-order valence-electron chi connectivity index (χ1n) is 5.87. The van der Waals surface area contributed by atoms with Crippen LogP contribution < -0.4 is 5.32 Å². The number of carboxylic acid groups (broad SMARTS) is 1. The Labute approximate surface area is 120 Å². The Morgan fingerprint density at radius 2 is 1.95 bits per heavy atom. The summed E-state index contributed by atoms with van der Waals surface area (Å²) in [5.74, 6) is -1.57. The Bertz CT molecular complexity index is 692. The highest BCUT2D eigenvalue weighted by molar-refractivity contribution is 6.34. The van der Waals surface area contributed by atoms with Crippen LogP contribution in [-0.4, -0.2) is 21.6 Å². The fourth-order valence-corrected chi connectivity index (χ4v) is 2.13. The number of aromatic nitrogens is 1. The lowest BCUT2D eigenvalue weighted by molar-refractivity contribution is 0.0698.